The van der Waals surface area contributed by atoms with Gasteiger partial charge in [0.05, 0.1) is 5.75 Å². The first-order valence-corrected chi connectivity index (χ1v) is 9.39. The summed E-state index contributed by atoms with van der Waals surface area (Å²) in [7, 11) is -1.84. The van der Waals surface area contributed by atoms with Gasteiger partial charge < -0.3 is 5.32 Å². The van der Waals surface area contributed by atoms with Crippen LogP contribution in [-0.2, 0) is 27.1 Å². The van der Waals surface area contributed by atoms with E-state index in [2.05, 4.69) is 10.0 Å². The summed E-state index contributed by atoms with van der Waals surface area (Å²) in [6.07, 6.45) is 5.45. The van der Waals surface area contributed by atoms with E-state index < -0.39 is 10.0 Å². The summed E-state index contributed by atoms with van der Waals surface area (Å²) in [5, 5.41) is 2.94. The zero-order chi connectivity index (χ0) is 16.0. The molecule has 0 heterocycles. The van der Waals surface area contributed by atoms with Crippen LogP contribution < -0.4 is 10.0 Å². The molecule has 1 aliphatic carbocycles. The summed E-state index contributed by atoms with van der Waals surface area (Å²) in [5.74, 6) is 0.625. The van der Waals surface area contributed by atoms with Crippen molar-refractivity contribution >= 4 is 15.9 Å². The Bertz CT molecular complexity index is 590. The van der Waals surface area contributed by atoms with Crippen LogP contribution in [0.5, 0.6) is 0 Å². The fourth-order valence-electron chi connectivity index (χ4n) is 2.79. The quantitative estimate of drug-likeness (QED) is 0.805. The molecular weight excluding hydrogens is 300 g/mol. The number of carbonyl (C=O) groups excluding carboxylic acids is 1. The molecule has 6 heteroatoms. The normalized spacial score (nSPS) is 15.9. The molecule has 1 amide bonds. The fraction of sp³-hybridized carbons (Fsp3) is 0.562. The minimum Gasteiger partial charge on any atom is -0.352 e. The van der Waals surface area contributed by atoms with Crippen molar-refractivity contribution in [3.05, 3.63) is 35.4 Å². The van der Waals surface area contributed by atoms with Crippen molar-refractivity contribution in [1.82, 2.24) is 10.0 Å². The molecule has 0 aromatic heterocycles. The maximum Gasteiger partial charge on any atom is 0.220 e. The van der Waals surface area contributed by atoms with Gasteiger partial charge in [0, 0.05) is 13.0 Å². The van der Waals surface area contributed by atoms with E-state index in [1.54, 1.807) is 12.1 Å². The third-order valence-electron chi connectivity index (χ3n) is 4.13. The van der Waals surface area contributed by atoms with Crippen molar-refractivity contribution < 1.29 is 13.2 Å². The lowest BCUT2D eigenvalue weighted by Crippen LogP contribution is -2.24. The smallest absolute Gasteiger partial charge is 0.220 e. The lowest BCUT2D eigenvalue weighted by Gasteiger charge is -2.10. The Morgan fingerprint density at radius 3 is 2.32 bits per heavy atom. The molecule has 0 spiro atoms. The molecule has 5 nitrogen and oxygen atoms in total. The lowest BCUT2D eigenvalue weighted by molar-refractivity contribution is -0.122. The second-order valence-corrected chi connectivity index (χ2v) is 7.84. The van der Waals surface area contributed by atoms with Gasteiger partial charge in [-0.05, 0) is 36.9 Å². The molecule has 1 fully saturated rings. The van der Waals surface area contributed by atoms with E-state index in [0.717, 1.165) is 11.1 Å². The Kier molecular flexibility index (Phi) is 5.97. The Labute approximate surface area is 132 Å². The summed E-state index contributed by atoms with van der Waals surface area (Å²) in [6, 6.07) is 7.29. The average molecular weight is 324 g/mol. The predicted octanol–water partition coefficient (Wildman–Crippen LogP) is 1.93. The summed E-state index contributed by atoms with van der Waals surface area (Å²) < 4.78 is 25.2. The fourth-order valence-corrected chi connectivity index (χ4v) is 3.57. The number of carbonyl (C=O) groups is 1. The highest BCUT2D eigenvalue weighted by molar-refractivity contribution is 7.88. The molecule has 0 bridgehead atoms. The van der Waals surface area contributed by atoms with Crippen molar-refractivity contribution in [1.29, 1.82) is 0 Å². The Hall–Kier alpha value is -1.40. The van der Waals surface area contributed by atoms with Gasteiger partial charge in [-0.1, -0.05) is 37.1 Å². The Morgan fingerprint density at radius 1 is 1.14 bits per heavy atom. The van der Waals surface area contributed by atoms with E-state index >= 15 is 0 Å². The molecule has 1 aromatic rings. The number of benzene rings is 1. The highest BCUT2D eigenvalue weighted by atomic mass is 32.2. The highest BCUT2D eigenvalue weighted by Gasteiger charge is 2.18. The molecule has 1 aliphatic rings. The largest absolute Gasteiger partial charge is 0.352 e. The van der Waals surface area contributed by atoms with Gasteiger partial charge in [-0.25, -0.2) is 13.1 Å². The number of rotatable bonds is 7. The maximum atomic E-state index is 11.9. The van der Waals surface area contributed by atoms with Crippen LogP contribution >= 0.6 is 0 Å². The van der Waals surface area contributed by atoms with Crippen LogP contribution in [0.15, 0.2) is 24.3 Å². The minimum absolute atomic E-state index is 0.0299. The third-order valence-corrected chi connectivity index (χ3v) is 5.46. The first-order chi connectivity index (χ1) is 10.5. The lowest BCUT2D eigenvalue weighted by atomic mass is 10.0. The molecule has 1 aromatic carbocycles. The number of hydrogen-bond acceptors (Lipinski definition) is 3. The van der Waals surface area contributed by atoms with Gasteiger partial charge in [0.2, 0.25) is 15.9 Å². The monoisotopic (exact) mass is 324 g/mol. The van der Waals surface area contributed by atoms with Crippen molar-refractivity contribution in [2.75, 3.05) is 7.05 Å². The third kappa shape index (κ3) is 5.42. The van der Waals surface area contributed by atoms with Crippen molar-refractivity contribution in [2.45, 2.75) is 44.4 Å². The molecule has 0 aliphatic heterocycles. The summed E-state index contributed by atoms with van der Waals surface area (Å²) >= 11 is 0. The van der Waals surface area contributed by atoms with E-state index in [1.165, 1.54) is 32.7 Å². The predicted molar refractivity (Wildman–Crippen MR) is 86.5 cm³/mol. The Morgan fingerprint density at radius 2 is 1.73 bits per heavy atom. The van der Waals surface area contributed by atoms with Crippen LogP contribution in [0.1, 0.15) is 43.2 Å². The summed E-state index contributed by atoms with van der Waals surface area (Å²) in [6.45, 7) is 0.491. The number of amides is 1. The Balaban J connectivity index is 1.79. The first-order valence-electron chi connectivity index (χ1n) is 7.74. The molecule has 122 valence electrons. The minimum atomic E-state index is -3.24. The molecule has 0 atom stereocenters. The van der Waals surface area contributed by atoms with Gasteiger partial charge in [0.15, 0.2) is 0 Å². The zero-order valence-corrected chi connectivity index (χ0v) is 13.8. The average Bonchev–Trinajstić information content (AvgIpc) is 2.99. The molecule has 0 radical (unpaired) electrons. The second-order valence-electron chi connectivity index (χ2n) is 5.91. The summed E-state index contributed by atoms with van der Waals surface area (Å²) in [4.78, 5) is 11.9. The van der Waals surface area contributed by atoms with Gasteiger partial charge >= 0.3 is 0 Å². The van der Waals surface area contributed by atoms with Crippen molar-refractivity contribution in [3.63, 3.8) is 0 Å². The van der Waals surface area contributed by atoms with Gasteiger partial charge in [-0.15, -0.1) is 0 Å². The van der Waals surface area contributed by atoms with E-state index in [1.807, 2.05) is 12.1 Å². The molecule has 1 saturated carbocycles. The highest BCUT2D eigenvalue weighted by Crippen LogP contribution is 2.27. The number of nitrogens with one attached hydrogen (secondary N) is 2. The SMILES string of the molecule is CNS(=O)(=O)Cc1ccc(CNC(=O)CC2CCCC2)cc1. The zero-order valence-electron chi connectivity index (χ0n) is 13.0. The molecular formula is C16H24N2O3S. The number of sulfonamides is 1. The van der Waals surface area contributed by atoms with E-state index in [4.69, 9.17) is 0 Å². The van der Waals surface area contributed by atoms with E-state index in [9.17, 15) is 13.2 Å². The van der Waals surface area contributed by atoms with Crippen LogP contribution in [0.2, 0.25) is 0 Å². The molecule has 2 rings (SSSR count). The van der Waals surface area contributed by atoms with E-state index in [-0.39, 0.29) is 11.7 Å². The summed E-state index contributed by atoms with van der Waals surface area (Å²) in [5.41, 5.74) is 1.71. The van der Waals surface area contributed by atoms with Crippen LogP contribution in [0.4, 0.5) is 0 Å². The van der Waals surface area contributed by atoms with Crippen LogP contribution in [0.25, 0.3) is 0 Å². The molecule has 0 unspecified atom stereocenters. The van der Waals surface area contributed by atoms with Crippen molar-refractivity contribution in [2.24, 2.45) is 5.92 Å². The molecule has 0 saturated heterocycles. The molecule has 2 N–H and O–H groups in total. The standard InChI is InChI=1S/C16H24N2O3S/c1-17-22(20,21)12-15-8-6-14(7-9-15)11-18-16(19)10-13-4-2-3-5-13/h6-9,13,17H,2-5,10-12H2,1H3,(H,18,19). The van der Waals surface area contributed by atoms with Gasteiger partial charge in [0.1, 0.15) is 0 Å². The topological polar surface area (TPSA) is 75.3 Å². The molecule has 22 heavy (non-hydrogen) atoms. The van der Waals surface area contributed by atoms with Crippen molar-refractivity contribution in [3.8, 4) is 0 Å². The van der Waals surface area contributed by atoms with Crippen LogP contribution in [0, 0.1) is 5.92 Å². The van der Waals surface area contributed by atoms with Gasteiger partial charge in [-0.3, -0.25) is 4.79 Å². The first kappa shape index (κ1) is 17.0. The second kappa shape index (κ2) is 7.74. The number of hydrogen-bond donors (Lipinski definition) is 2. The maximum absolute atomic E-state index is 11.9. The van der Waals surface area contributed by atoms with Gasteiger partial charge in [-0.2, -0.15) is 0 Å². The van der Waals surface area contributed by atoms with Crippen LogP contribution in [-0.4, -0.2) is 21.4 Å². The van der Waals surface area contributed by atoms with Crippen LogP contribution in [0.3, 0.4) is 0 Å². The van der Waals surface area contributed by atoms with Gasteiger partial charge in [0.25, 0.3) is 0 Å². The van der Waals surface area contributed by atoms with E-state index in [0.29, 0.717) is 18.9 Å².